The maximum absolute atomic E-state index is 2.64. The quantitative estimate of drug-likeness (QED) is 0.589. The van der Waals surface area contributed by atoms with Crippen molar-refractivity contribution in [1.29, 1.82) is 0 Å². The first-order valence-electron chi connectivity index (χ1n) is 6.37. The third kappa shape index (κ3) is 3.21. The van der Waals surface area contributed by atoms with Crippen LogP contribution in [0.5, 0.6) is 0 Å². The molecule has 0 amide bonds. The lowest BCUT2D eigenvalue weighted by Gasteiger charge is -2.47. The van der Waals surface area contributed by atoms with Crippen LogP contribution in [-0.2, 0) is 0 Å². The number of likely N-dealkylation sites (tertiary alicyclic amines) is 1. The topological polar surface area (TPSA) is 3.24 Å². The van der Waals surface area contributed by atoms with Crippen LogP contribution in [0.2, 0.25) is 0 Å². The fraction of sp³-hybridized carbons (Fsp3) is 1.00. The molecule has 0 spiro atoms. The van der Waals surface area contributed by atoms with Crippen molar-refractivity contribution < 1.29 is 0 Å². The third-order valence-electron chi connectivity index (χ3n) is 3.97. The molecule has 0 aromatic carbocycles. The Morgan fingerprint density at radius 2 is 1.53 bits per heavy atom. The molecule has 1 aliphatic heterocycles. The van der Waals surface area contributed by atoms with E-state index < -0.39 is 0 Å². The summed E-state index contributed by atoms with van der Waals surface area (Å²) in [5, 5.41) is 0. The minimum absolute atomic E-state index is 0.344. The minimum atomic E-state index is 0.344. The van der Waals surface area contributed by atoms with Gasteiger partial charge in [0.2, 0.25) is 0 Å². The Hall–Kier alpha value is -0.0400. The molecule has 0 aliphatic carbocycles. The van der Waals surface area contributed by atoms with Crippen molar-refractivity contribution >= 4 is 0 Å². The normalized spacial score (nSPS) is 30.6. The standard InChI is InChI=1S/C14H29N/c1-11-10-15(14(5,6)7)9-8-12(11)13(2,3)4/h11-12H,8-10H2,1-7H3/t11-,12-/m1/s1. The SMILES string of the molecule is C[C@@H]1CN(C(C)(C)C)CC[C@H]1C(C)(C)C. The van der Waals surface area contributed by atoms with Gasteiger partial charge in [-0.2, -0.15) is 0 Å². The van der Waals surface area contributed by atoms with Gasteiger partial charge < -0.3 is 0 Å². The van der Waals surface area contributed by atoms with Crippen molar-refractivity contribution in [2.75, 3.05) is 13.1 Å². The zero-order valence-corrected chi connectivity index (χ0v) is 11.7. The van der Waals surface area contributed by atoms with Crippen LogP contribution in [0.1, 0.15) is 54.9 Å². The molecule has 0 aromatic heterocycles. The van der Waals surface area contributed by atoms with E-state index in [0.717, 1.165) is 11.8 Å². The van der Waals surface area contributed by atoms with Crippen LogP contribution in [0.15, 0.2) is 0 Å². The molecule has 0 N–H and O–H groups in total. The average Bonchev–Trinajstić information content (AvgIpc) is 1.99. The second-order valence-corrected chi connectivity index (χ2v) is 7.36. The van der Waals surface area contributed by atoms with E-state index in [9.17, 15) is 0 Å². The number of rotatable bonds is 0. The van der Waals surface area contributed by atoms with Crippen molar-refractivity contribution in [1.82, 2.24) is 4.90 Å². The highest BCUT2D eigenvalue weighted by Crippen LogP contribution is 2.39. The first-order valence-corrected chi connectivity index (χ1v) is 6.37. The van der Waals surface area contributed by atoms with Crippen molar-refractivity contribution in [2.45, 2.75) is 60.4 Å². The van der Waals surface area contributed by atoms with E-state index in [-0.39, 0.29) is 0 Å². The summed E-state index contributed by atoms with van der Waals surface area (Å²) in [6, 6.07) is 0. The van der Waals surface area contributed by atoms with Gasteiger partial charge in [-0.25, -0.2) is 0 Å². The van der Waals surface area contributed by atoms with Gasteiger partial charge in [-0.05, 0) is 51.0 Å². The van der Waals surface area contributed by atoms with Crippen LogP contribution >= 0.6 is 0 Å². The van der Waals surface area contributed by atoms with Crippen LogP contribution in [0.25, 0.3) is 0 Å². The van der Waals surface area contributed by atoms with E-state index in [0.29, 0.717) is 11.0 Å². The van der Waals surface area contributed by atoms with E-state index >= 15 is 0 Å². The van der Waals surface area contributed by atoms with Crippen LogP contribution in [0.4, 0.5) is 0 Å². The fourth-order valence-electron chi connectivity index (χ4n) is 3.04. The highest BCUT2D eigenvalue weighted by Gasteiger charge is 2.36. The molecule has 1 heterocycles. The van der Waals surface area contributed by atoms with Crippen molar-refractivity contribution in [2.24, 2.45) is 17.3 Å². The highest BCUT2D eigenvalue weighted by molar-refractivity contribution is 4.89. The molecule has 90 valence electrons. The Labute approximate surface area is 96.2 Å². The Kier molecular flexibility index (Phi) is 3.55. The Balaban J connectivity index is 2.64. The number of nitrogens with zero attached hydrogens (tertiary/aromatic N) is 1. The zero-order valence-electron chi connectivity index (χ0n) is 11.7. The summed E-state index contributed by atoms with van der Waals surface area (Å²) in [5.74, 6) is 1.72. The molecule has 0 unspecified atom stereocenters. The van der Waals surface area contributed by atoms with Gasteiger partial charge >= 0.3 is 0 Å². The second kappa shape index (κ2) is 4.08. The van der Waals surface area contributed by atoms with Crippen molar-refractivity contribution in [3.63, 3.8) is 0 Å². The Bertz CT molecular complexity index is 206. The summed E-state index contributed by atoms with van der Waals surface area (Å²) in [7, 11) is 0. The molecule has 0 radical (unpaired) electrons. The van der Waals surface area contributed by atoms with Crippen molar-refractivity contribution in [3.8, 4) is 0 Å². The Morgan fingerprint density at radius 1 is 1.00 bits per heavy atom. The van der Waals surface area contributed by atoms with Gasteiger partial charge in [0.15, 0.2) is 0 Å². The fourth-order valence-corrected chi connectivity index (χ4v) is 3.04. The Morgan fingerprint density at radius 3 is 1.87 bits per heavy atom. The minimum Gasteiger partial charge on any atom is -0.298 e. The van der Waals surface area contributed by atoms with Crippen molar-refractivity contribution in [3.05, 3.63) is 0 Å². The van der Waals surface area contributed by atoms with Crippen LogP contribution in [0.3, 0.4) is 0 Å². The molecule has 1 saturated heterocycles. The predicted octanol–water partition coefficient (Wildman–Crippen LogP) is 3.79. The lowest BCUT2D eigenvalue weighted by atomic mass is 9.69. The zero-order chi connectivity index (χ0) is 11.9. The van der Waals surface area contributed by atoms with E-state index in [4.69, 9.17) is 0 Å². The van der Waals surface area contributed by atoms with E-state index in [1.807, 2.05) is 0 Å². The predicted molar refractivity (Wildman–Crippen MR) is 68.1 cm³/mol. The first-order chi connectivity index (χ1) is 6.62. The van der Waals surface area contributed by atoms with Gasteiger partial charge in [-0.1, -0.05) is 27.7 Å². The van der Waals surface area contributed by atoms with Crippen LogP contribution < -0.4 is 0 Å². The molecule has 1 heteroatoms. The number of piperidine rings is 1. The molecular formula is C14H29N. The van der Waals surface area contributed by atoms with Crippen LogP contribution in [0, 0.1) is 17.3 Å². The lowest BCUT2D eigenvalue weighted by molar-refractivity contribution is 0.0136. The maximum Gasteiger partial charge on any atom is 0.0125 e. The maximum atomic E-state index is 2.64. The van der Waals surface area contributed by atoms with E-state index in [1.165, 1.54) is 19.5 Å². The van der Waals surface area contributed by atoms with Gasteiger partial charge in [-0.15, -0.1) is 0 Å². The van der Waals surface area contributed by atoms with Gasteiger partial charge in [0.1, 0.15) is 0 Å². The van der Waals surface area contributed by atoms with Gasteiger partial charge in [0, 0.05) is 12.1 Å². The molecular weight excluding hydrogens is 182 g/mol. The van der Waals surface area contributed by atoms with E-state index in [1.54, 1.807) is 0 Å². The number of hydrogen-bond acceptors (Lipinski definition) is 1. The molecule has 0 saturated carbocycles. The first kappa shape index (κ1) is 13.0. The smallest absolute Gasteiger partial charge is 0.0125 e. The van der Waals surface area contributed by atoms with Gasteiger partial charge in [0.25, 0.3) is 0 Å². The largest absolute Gasteiger partial charge is 0.298 e. The molecule has 1 rings (SSSR count). The molecule has 1 fully saturated rings. The monoisotopic (exact) mass is 211 g/mol. The summed E-state index contributed by atoms with van der Waals surface area (Å²) in [6.07, 6.45) is 1.36. The molecule has 1 nitrogen and oxygen atoms in total. The number of hydrogen-bond donors (Lipinski definition) is 0. The summed E-state index contributed by atoms with van der Waals surface area (Å²) >= 11 is 0. The second-order valence-electron chi connectivity index (χ2n) is 7.36. The summed E-state index contributed by atoms with van der Waals surface area (Å²) < 4.78 is 0. The molecule has 0 bridgehead atoms. The van der Waals surface area contributed by atoms with Gasteiger partial charge in [0.05, 0.1) is 0 Å². The summed E-state index contributed by atoms with van der Waals surface area (Å²) in [4.78, 5) is 2.64. The van der Waals surface area contributed by atoms with E-state index in [2.05, 4.69) is 53.4 Å². The molecule has 15 heavy (non-hydrogen) atoms. The van der Waals surface area contributed by atoms with Gasteiger partial charge in [-0.3, -0.25) is 4.90 Å². The molecule has 1 aliphatic rings. The summed E-state index contributed by atoms with van der Waals surface area (Å²) in [6.45, 7) is 19.1. The third-order valence-corrected chi connectivity index (χ3v) is 3.97. The van der Waals surface area contributed by atoms with Crippen LogP contribution in [-0.4, -0.2) is 23.5 Å². The lowest BCUT2D eigenvalue weighted by Crippen LogP contribution is -2.51. The molecule has 2 atom stereocenters. The summed E-state index contributed by atoms with van der Waals surface area (Å²) in [5.41, 5.74) is 0.820. The highest BCUT2D eigenvalue weighted by atomic mass is 15.2. The average molecular weight is 211 g/mol. The molecule has 0 aromatic rings.